The van der Waals surface area contributed by atoms with Crippen molar-refractivity contribution in [3.63, 3.8) is 0 Å². The van der Waals surface area contributed by atoms with Crippen molar-refractivity contribution in [2.45, 2.75) is 38.1 Å². The number of nitrogens with one attached hydrogen (secondary N) is 1. The van der Waals surface area contributed by atoms with Gasteiger partial charge in [-0.3, -0.25) is 0 Å². The van der Waals surface area contributed by atoms with Crippen molar-refractivity contribution in [2.75, 3.05) is 24.7 Å². The molecule has 0 amide bonds. The van der Waals surface area contributed by atoms with Crippen LogP contribution in [0.5, 0.6) is 0 Å². The summed E-state index contributed by atoms with van der Waals surface area (Å²) in [6.45, 7) is 3.15. The van der Waals surface area contributed by atoms with Gasteiger partial charge in [-0.25, -0.2) is 8.42 Å². The maximum absolute atomic E-state index is 11.4. The Kier molecular flexibility index (Phi) is 3.80. The number of hydrogen-bond donors (Lipinski definition) is 2. The first-order chi connectivity index (χ1) is 7.94. The quantitative estimate of drug-likeness (QED) is 0.762. The molecule has 0 radical (unpaired) electrons. The van der Waals surface area contributed by atoms with Crippen LogP contribution in [-0.2, 0) is 9.84 Å². The summed E-state index contributed by atoms with van der Waals surface area (Å²) >= 11 is 0. The maximum atomic E-state index is 11.4. The lowest BCUT2D eigenvalue weighted by Gasteiger charge is -2.42. The van der Waals surface area contributed by atoms with Crippen molar-refractivity contribution < 1.29 is 13.5 Å². The van der Waals surface area contributed by atoms with Crippen molar-refractivity contribution in [1.82, 2.24) is 5.32 Å². The Balaban J connectivity index is 1.95. The van der Waals surface area contributed by atoms with Crippen molar-refractivity contribution in [1.29, 1.82) is 0 Å². The highest BCUT2D eigenvalue weighted by molar-refractivity contribution is 7.91. The molecule has 2 fully saturated rings. The molecule has 2 aliphatic rings. The second-order valence-corrected chi connectivity index (χ2v) is 8.19. The van der Waals surface area contributed by atoms with E-state index in [0.29, 0.717) is 23.3 Å². The second-order valence-electron chi connectivity index (χ2n) is 5.89. The van der Waals surface area contributed by atoms with E-state index in [2.05, 4.69) is 12.2 Å². The molecule has 0 saturated carbocycles. The Bertz CT molecular complexity index is 354. The van der Waals surface area contributed by atoms with Gasteiger partial charge in [0.1, 0.15) is 9.84 Å². The molecule has 100 valence electrons. The van der Waals surface area contributed by atoms with Gasteiger partial charge in [0.15, 0.2) is 0 Å². The van der Waals surface area contributed by atoms with E-state index >= 15 is 0 Å². The first kappa shape index (κ1) is 13.3. The predicted molar refractivity (Wildman–Crippen MR) is 67.6 cm³/mol. The van der Waals surface area contributed by atoms with Gasteiger partial charge in [-0.15, -0.1) is 0 Å². The molecule has 2 saturated heterocycles. The van der Waals surface area contributed by atoms with Gasteiger partial charge in [-0.05, 0) is 51.0 Å². The largest absolute Gasteiger partial charge is 0.394 e. The lowest BCUT2D eigenvalue weighted by atomic mass is 9.75. The van der Waals surface area contributed by atoms with Gasteiger partial charge in [0, 0.05) is 5.54 Å². The zero-order chi connectivity index (χ0) is 12.5. The van der Waals surface area contributed by atoms with Gasteiger partial charge in [0.2, 0.25) is 0 Å². The van der Waals surface area contributed by atoms with E-state index in [1.807, 2.05) is 0 Å². The molecule has 0 spiro atoms. The molecule has 5 heteroatoms. The molecule has 2 rings (SSSR count). The molecule has 17 heavy (non-hydrogen) atoms. The molecule has 2 N–H and O–H groups in total. The van der Waals surface area contributed by atoms with Crippen LogP contribution < -0.4 is 5.32 Å². The van der Waals surface area contributed by atoms with Crippen LogP contribution in [0.25, 0.3) is 0 Å². The molecule has 4 nitrogen and oxygen atoms in total. The minimum Gasteiger partial charge on any atom is -0.394 e. The summed E-state index contributed by atoms with van der Waals surface area (Å²) < 4.78 is 22.8. The summed E-state index contributed by atoms with van der Waals surface area (Å²) in [7, 11) is -2.75. The number of rotatable bonds is 2. The van der Waals surface area contributed by atoms with Crippen LogP contribution in [0, 0.1) is 11.8 Å². The van der Waals surface area contributed by atoms with Crippen molar-refractivity contribution in [3.8, 4) is 0 Å². The van der Waals surface area contributed by atoms with Crippen LogP contribution in [0.3, 0.4) is 0 Å². The molecule has 0 aromatic rings. The molecule has 0 aromatic carbocycles. The lowest BCUT2D eigenvalue weighted by molar-refractivity contribution is 0.0941. The molecular weight excluding hydrogens is 238 g/mol. The Hall–Kier alpha value is -0.130. The standard InChI is InChI=1S/C12H23NO3S/c1-12(9-14)8-11(2-5-13-12)10-3-6-17(15,16)7-4-10/h10-11,13-14H,2-9H2,1H3. The molecule has 2 aliphatic heterocycles. The lowest BCUT2D eigenvalue weighted by Crippen LogP contribution is -2.52. The maximum Gasteiger partial charge on any atom is 0.150 e. The van der Waals surface area contributed by atoms with E-state index < -0.39 is 9.84 Å². The summed E-state index contributed by atoms with van der Waals surface area (Å²) in [5.41, 5.74) is -0.167. The minimum absolute atomic E-state index is 0.161. The van der Waals surface area contributed by atoms with Crippen LogP contribution in [0.15, 0.2) is 0 Å². The normalized spacial score (nSPS) is 39.1. The van der Waals surface area contributed by atoms with Gasteiger partial charge in [-0.1, -0.05) is 0 Å². The molecule has 0 aromatic heterocycles. The number of aliphatic hydroxyl groups is 1. The third-order valence-electron chi connectivity index (χ3n) is 4.39. The number of sulfone groups is 1. The van der Waals surface area contributed by atoms with Crippen molar-refractivity contribution in [3.05, 3.63) is 0 Å². The van der Waals surface area contributed by atoms with Crippen molar-refractivity contribution >= 4 is 9.84 Å². The van der Waals surface area contributed by atoms with Crippen LogP contribution in [0.2, 0.25) is 0 Å². The van der Waals surface area contributed by atoms with Gasteiger partial charge in [-0.2, -0.15) is 0 Å². The predicted octanol–water partition coefficient (Wildman–Crippen LogP) is 0.562. The molecule has 2 unspecified atom stereocenters. The summed E-state index contributed by atoms with van der Waals surface area (Å²) in [6, 6.07) is 0. The van der Waals surface area contributed by atoms with E-state index in [1.165, 1.54) is 0 Å². The zero-order valence-electron chi connectivity index (χ0n) is 10.5. The topological polar surface area (TPSA) is 66.4 Å². The summed E-state index contributed by atoms with van der Waals surface area (Å²) in [6.07, 6.45) is 3.71. The Morgan fingerprint density at radius 3 is 2.47 bits per heavy atom. The Morgan fingerprint density at radius 1 is 1.24 bits per heavy atom. The highest BCUT2D eigenvalue weighted by Crippen LogP contribution is 2.35. The highest BCUT2D eigenvalue weighted by Gasteiger charge is 2.37. The van der Waals surface area contributed by atoms with Crippen LogP contribution in [0.1, 0.15) is 32.6 Å². The number of aliphatic hydroxyl groups excluding tert-OH is 1. The Labute approximate surface area is 104 Å². The number of piperidine rings is 1. The van der Waals surface area contributed by atoms with Gasteiger partial charge in [0.25, 0.3) is 0 Å². The SMILES string of the molecule is CC1(CO)CC(C2CCS(=O)(=O)CC2)CCN1. The highest BCUT2D eigenvalue weighted by atomic mass is 32.2. The first-order valence-corrected chi connectivity index (χ1v) is 8.33. The fraction of sp³-hybridized carbons (Fsp3) is 1.00. The molecular formula is C12H23NO3S. The van der Waals surface area contributed by atoms with Gasteiger partial charge < -0.3 is 10.4 Å². The van der Waals surface area contributed by atoms with E-state index in [9.17, 15) is 13.5 Å². The van der Waals surface area contributed by atoms with E-state index in [1.54, 1.807) is 0 Å². The van der Waals surface area contributed by atoms with Crippen LogP contribution >= 0.6 is 0 Å². The van der Waals surface area contributed by atoms with Gasteiger partial charge in [0.05, 0.1) is 18.1 Å². The molecule has 0 bridgehead atoms. The number of hydrogen-bond acceptors (Lipinski definition) is 4. The van der Waals surface area contributed by atoms with E-state index in [0.717, 1.165) is 32.2 Å². The smallest absolute Gasteiger partial charge is 0.150 e. The van der Waals surface area contributed by atoms with E-state index in [4.69, 9.17) is 0 Å². The summed E-state index contributed by atoms with van der Waals surface area (Å²) in [4.78, 5) is 0. The molecule has 2 atom stereocenters. The average Bonchev–Trinajstić information content (AvgIpc) is 2.29. The summed E-state index contributed by atoms with van der Waals surface area (Å²) in [5, 5.41) is 12.8. The average molecular weight is 261 g/mol. The third kappa shape index (κ3) is 3.20. The monoisotopic (exact) mass is 261 g/mol. The fourth-order valence-corrected chi connectivity index (χ4v) is 4.74. The van der Waals surface area contributed by atoms with Crippen LogP contribution in [-0.4, -0.2) is 43.7 Å². The first-order valence-electron chi connectivity index (χ1n) is 6.50. The minimum atomic E-state index is -2.75. The van der Waals surface area contributed by atoms with Gasteiger partial charge >= 0.3 is 0 Å². The fourth-order valence-electron chi connectivity index (χ4n) is 3.21. The molecule has 2 heterocycles. The zero-order valence-corrected chi connectivity index (χ0v) is 11.3. The summed E-state index contributed by atoms with van der Waals surface area (Å²) in [5.74, 6) is 1.82. The van der Waals surface area contributed by atoms with E-state index in [-0.39, 0.29) is 12.1 Å². The van der Waals surface area contributed by atoms with Crippen molar-refractivity contribution in [2.24, 2.45) is 11.8 Å². The van der Waals surface area contributed by atoms with Crippen LogP contribution in [0.4, 0.5) is 0 Å². The Morgan fingerprint density at radius 2 is 1.88 bits per heavy atom. The second kappa shape index (κ2) is 4.86. The molecule has 0 aliphatic carbocycles. The third-order valence-corrected chi connectivity index (χ3v) is 6.11.